The molecule has 0 saturated carbocycles. The average molecular weight is 414 g/mol. The first kappa shape index (κ1) is 22.4. The number of amides is 1. The van der Waals surface area contributed by atoms with Crippen LogP contribution in [0.3, 0.4) is 0 Å². The number of nitrogens with zero attached hydrogens (tertiary/aromatic N) is 1. The van der Waals surface area contributed by atoms with E-state index in [2.05, 4.69) is 5.32 Å². The number of para-hydroxylation sites is 1. The van der Waals surface area contributed by atoms with Gasteiger partial charge in [0.15, 0.2) is 6.10 Å². The molecule has 0 fully saturated rings. The first-order chi connectivity index (χ1) is 14.3. The zero-order chi connectivity index (χ0) is 22.1. The van der Waals surface area contributed by atoms with E-state index >= 15 is 0 Å². The lowest BCUT2D eigenvalue weighted by molar-refractivity contribution is -0.384. The first-order valence-electron chi connectivity index (χ1n) is 9.09. The van der Waals surface area contributed by atoms with Gasteiger partial charge < -0.3 is 19.5 Å². The standard InChI is InChI=1S/C21H22N2O7/c1-4-29-19-8-6-5-7-15(19)9-12-20(24)30-14(2)21(25)22-17-11-10-16(28-3)13-18(17)23(26)27/h5-14H,4H2,1-3H3,(H,22,25)/b12-9+/t14-/m1/s1. The monoisotopic (exact) mass is 414 g/mol. The molecule has 9 nitrogen and oxygen atoms in total. The van der Waals surface area contributed by atoms with Crippen molar-refractivity contribution in [3.63, 3.8) is 0 Å². The van der Waals surface area contributed by atoms with Crippen LogP contribution in [0.4, 0.5) is 11.4 Å². The van der Waals surface area contributed by atoms with E-state index in [-0.39, 0.29) is 17.1 Å². The Labute approximate surface area is 173 Å². The third-order valence-corrected chi connectivity index (χ3v) is 3.94. The Morgan fingerprint density at radius 3 is 2.63 bits per heavy atom. The number of hydrogen-bond donors (Lipinski definition) is 1. The van der Waals surface area contributed by atoms with Crippen molar-refractivity contribution in [1.82, 2.24) is 0 Å². The Morgan fingerprint density at radius 1 is 1.23 bits per heavy atom. The molecular formula is C21H22N2O7. The summed E-state index contributed by atoms with van der Waals surface area (Å²) < 4.78 is 15.5. The molecule has 2 aromatic rings. The van der Waals surface area contributed by atoms with E-state index < -0.39 is 22.9 Å². The summed E-state index contributed by atoms with van der Waals surface area (Å²) in [5.41, 5.74) is 0.311. The molecule has 0 aliphatic rings. The normalized spacial score (nSPS) is 11.6. The summed E-state index contributed by atoms with van der Waals surface area (Å²) in [6, 6.07) is 11.1. The second-order valence-electron chi connectivity index (χ2n) is 6.01. The minimum atomic E-state index is -1.18. The van der Waals surface area contributed by atoms with E-state index in [0.29, 0.717) is 17.9 Å². The van der Waals surface area contributed by atoms with E-state index in [9.17, 15) is 19.7 Å². The molecule has 1 amide bonds. The van der Waals surface area contributed by atoms with Crippen molar-refractivity contribution in [2.24, 2.45) is 0 Å². The summed E-state index contributed by atoms with van der Waals surface area (Å²) in [5, 5.41) is 13.6. The highest BCUT2D eigenvalue weighted by Crippen LogP contribution is 2.29. The molecule has 1 N–H and O–H groups in total. The smallest absolute Gasteiger partial charge is 0.331 e. The lowest BCUT2D eigenvalue weighted by Crippen LogP contribution is -2.29. The molecule has 0 saturated heterocycles. The van der Waals surface area contributed by atoms with Gasteiger partial charge in [-0.05, 0) is 38.1 Å². The maximum Gasteiger partial charge on any atom is 0.331 e. The molecule has 0 bridgehead atoms. The molecule has 0 aromatic heterocycles. The maximum absolute atomic E-state index is 12.3. The van der Waals surface area contributed by atoms with Gasteiger partial charge in [-0.2, -0.15) is 0 Å². The van der Waals surface area contributed by atoms with Crippen LogP contribution in [-0.2, 0) is 14.3 Å². The van der Waals surface area contributed by atoms with Crippen LogP contribution in [0.1, 0.15) is 19.4 Å². The fourth-order valence-electron chi connectivity index (χ4n) is 2.46. The van der Waals surface area contributed by atoms with Gasteiger partial charge in [-0.1, -0.05) is 18.2 Å². The molecule has 9 heteroatoms. The molecule has 0 heterocycles. The minimum absolute atomic E-state index is 0.0325. The number of hydrogen-bond acceptors (Lipinski definition) is 7. The van der Waals surface area contributed by atoms with Gasteiger partial charge in [0.1, 0.15) is 17.2 Å². The molecular weight excluding hydrogens is 392 g/mol. The first-order valence-corrected chi connectivity index (χ1v) is 9.09. The van der Waals surface area contributed by atoms with Crippen LogP contribution in [0.2, 0.25) is 0 Å². The summed E-state index contributed by atoms with van der Waals surface area (Å²) in [4.78, 5) is 34.9. The SMILES string of the molecule is CCOc1ccccc1/C=C/C(=O)O[C@H](C)C(=O)Nc1ccc(OC)cc1[N+](=O)[O-]. The number of carbonyl (C=O) groups excluding carboxylic acids is 2. The van der Waals surface area contributed by atoms with Gasteiger partial charge in [0, 0.05) is 11.6 Å². The fourth-order valence-corrected chi connectivity index (χ4v) is 2.46. The number of carbonyl (C=O) groups is 2. The van der Waals surface area contributed by atoms with Crippen LogP contribution in [-0.4, -0.2) is 36.6 Å². The van der Waals surface area contributed by atoms with E-state index in [1.807, 2.05) is 13.0 Å². The summed E-state index contributed by atoms with van der Waals surface area (Å²) in [7, 11) is 1.37. The number of esters is 1. The van der Waals surface area contributed by atoms with Crippen LogP contribution in [0.5, 0.6) is 11.5 Å². The van der Waals surface area contributed by atoms with Crippen molar-refractivity contribution in [1.29, 1.82) is 0 Å². The van der Waals surface area contributed by atoms with Crippen LogP contribution in [0.15, 0.2) is 48.5 Å². The van der Waals surface area contributed by atoms with Crippen molar-refractivity contribution < 1.29 is 28.7 Å². The van der Waals surface area contributed by atoms with Gasteiger partial charge in [-0.3, -0.25) is 14.9 Å². The summed E-state index contributed by atoms with van der Waals surface area (Å²) in [6.07, 6.45) is 1.52. The van der Waals surface area contributed by atoms with Crippen LogP contribution < -0.4 is 14.8 Å². The van der Waals surface area contributed by atoms with Gasteiger partial charge in [0.05, 0.1) is 24.7 Å². The fraction of sp³-hybridized carbons (Fsp3) is 0.238. The van der Waals surface area contributed by atoms with E-state index in [4.69, 9.17) is 14.2 Å². The molecule has 0 spiro atoms. The number of nitro groups is 1. The molecule has 30 heavy (non-hydrogen) atoms. The van der Waals surface area contributed by atoms with Gasteiger partial charge in [0.25, 0.3) is 11.6 Å². The third-order valence-electron chi connectivity index (χ3n) is 3.94. The van der Waals surface area contributed by atoms with E-state index in [0.717, 1.165) is 0 Å². The second kappa shape index (κ2) is 10.6. The van der Waals surface area contributed by atoms with Crippen LogP contribution in [0, 0.1) is 10.1 Å². The largest absolute Gasteiger partial charge is 0.496 e. The summed E-state index contributed by atoms with van der Waals surface area (Å²) in [6.45, 7) is 3.69. The van der Waals surface area contributed by atoms with Gasteiger partial charge in [-0.15, -0.1) is 0 Å². The van der Waals surface area contributed by atoms with Gasteiger partial charge in [-0.25, -0.2) is 4.79 Å². The van der Waals surface area contributed by atoms with E-state index in [1.54, 1.807) is 18.2 Å². The number of nitrogens with one attached hydrogen (secondary N) is 1. The molecule has 2 rings (SSSR count). The highest BCUT2D eigenvalue weighted by atomic mass is 16.6. The number of nitro benzene ring substituents is 1. The zero-order valence-electron chi connectivity index (χ0n) is 16.8. The zero-order valence-corrected chi connectivity index (χ0v) is 16.8. The van der Waals surface area contributed by atoms with Crippen molar-refractivity contribution in [3.05, 3.63) is 64.2 Å². The Balaban J connectivity index is 2.02. The third kappa shape index (κ3) is 6.06. The highest BCUT2D eigenvalue weighted by Gasteiger charge is 2.22. The van der Waals surface area contributed by atoms with Crippen LogP contribution in [0.25, 0.3) is 6.08 Å². The number of benzene rings is 2. The Kier molecular flexibility index (Phi) is 7.92. The number of ether oxygens (including phenoxy) is 3. The topological polar surface area (TPSA) is 117 Å². The molecule has 2 aromatic carbocycles. The predicted molar refractivity (Wildman–Crippen MR) is 110 cm³/mol. The molecule has 0 aliphatic heterocycles. The number of anilines is 1. The van der Waals surface area contributed by atoms with Gasteiger partial charge in [0.2, 0.25) is 0 Å². The molecule has 158 valence electrons. The van der Waals surface area contributed by atoms with Gasteiger partial charge >= 0.3 is 5.97 Å². The number of rotatable bonds is 9. The molecule has 0 aliphatic carbocycles. The highest BCUT2D eigenvalue weighted by molar-refractivity contribution is 5.98. The number of methoxy groups -OCH3 is 1. The second-order valence-corrected chi connectivity index (χ2v) is 6.01. The van der Waals surface area contributed by atoms with E-state index in [1.165, 1.54) is 44.4 Å². The maximum atomic E-state index is 12.3. The van der Waals surface area contributed by atoms with Crippen molar-refractivity contribution in [3.8, 4) is 11.5 Å². The molecule has 0 radical (unpaired) electrons. The molecule has 0 unspecified atom stereocenters. The van der Waals surface area contributed by atoms with Crippen LogP contribution >= 0.6 is 0 Å². The quantitative estimate of drug-likeness (QED) is 0.288. The average Bonchev–Trinajstić information content (AvgIpc) is 2.73. The Hall–Kier alpha value is -3.88. The van der Waals surface area contributed by atoms with Crippen molar-refractivity contribution in [2.45, 2.75) is 20.0 Å². The molecule has 1 atom stereocenters. The lowest BCUT2D eigenvalue weighted by atomic mass is 10.2. The van der Waals surface area contributed by atoms with Crippen molar-refractivity contribution in [2.75, 3.05) is 19.0 Å². The minimum Gasteiger partial charge on any atom is -0.496 e. The lowest BCUT2D eigenvalue weighted by Gasteiger charge is -2.13. The summed E-state index contributed by atoms with van der Waals surface area (Å²) >= 11 is 0. The summed E-state index contributed by atoms with van der Waals surface area (Å²) in [5.74, 6) is -0.564. The predicted octanol–water partition coefficient (Wildman–Crippen LogP) is 3.59. The Morgan fingerprint density at radius 2 is 1.97 bits per heavy atom. The Bertz CT molecular complexity index is 956. The van der Waals surface area contributed by atoms with Crippen molar-refractivity contribution >= 4 is 29.3 Å².